The molecule has 0 atom stereocenters. The zero-order chi connectivity index (χ0) is 16.3. The molecule has 0 aromatic heterocycles. The number of ether oxygens (including phenoxy) is 2. The van der Waals surface area contributed by atoms with Crippen molar-refractivity contribution in [2.45, 2.75) is 13.8 Å². The lowest BCUT2D eigenvalue weighted by Gasteiger charge is -2.26. The molecule has 22 heavy (non-hydrogen) atoms. The maximum atomic E-state index is 11.8. The number of carbonyl (C=O) groups excluding carboxylic acids is 4. The molecule has 8 nitrogen and oxygen atoms in total. The van der Waals surface area contributed by atoms with Crippen LogP contribution in [-0.2, 0) is 19.2 Å². The third-order valence-corrected chi connectivity index (χ3v) is 2.81. The summed E-state index contributed by atoms with van der Waals surface area (Å²) in [4.78, 5) is 46.7. The molecule has 2 rings (SSSR count). The van der Waals surface area contributed by atoms with Crippen molar-refractivity contribution in [1.82, 2.24) is 5.32 Å². The van der Waals surface area contributed by atoms with Crippen LogP contribution in [0.4, 0.5) is 5.69 Å². The quantitative estimate of drug-likeness (QED) is 0.479. The van der Waals surface area contributed by atoms with Crippen molar-refractivity contribution < 1.29 is 28.7 Å². The van der Waals surface area contributed by atoms with Gasteiger partial charge in [-0.25, -0.2) is 0 Å². The van der Waals surface area contributed by atoms with Crippen LogP contribution in [0.5, 0.6) is 11.5 Å². The lowest BCUT2D eigenvalue weighted by Crippen LogP contribution is -2.52. The van der Waals surface area contributed by atoms with Crippen molar-refractivity contribution in [3.05, 3.63) is 18.2 Å². The van der Waals surface area contributed by atoms with E-state index in [1.54, 1.807) is 0 Å². The predicted octanol–water partition coefficient (Wildman–Crippen LogP) is -0.000000000000000611. The summed E-state index contributed by atoms with van der Waals surface area (Å²) in [6, 6.07) is 4.27. The number of nitrogens with one attached hydrogen (secondary N) is 1. The molecular weight excluding hydrogens is 292 g/mol. The van der Waals surface area contributed by atoms with E-state index in [-0.39, 0.29) is 18.0 Å². The number of hydrogen-bond acceptors (Lipinski definition) is 6. The number of piperazine rings is 1. The molecule has 0 spiro atoms. The fourth-order valence-electron chi connectivity index (χ4n) is 1.97. The minimum Gasteiger partial charge on any atom is -0.423 e. The van der Waals surface area contributed by atoms with Crippen LogP contribution in [0.3, 0.4) is 0 Å². The van der Waals surface area contributed by atoms with E-state index in [9.17, 15) is 19.2 Å². The first kappa shape index (κ1) is 15.5. The smallest absolute Gasteiger partial charge is 0.316 e. The summed E-state index contributed by atoms with van der Waals surface area (Å²) >= 11 is 0. The van der Waals surface area contributed by atoms with Gasteiger partial charge in [0.1, 0.15) is 0 Å². The Hall–Kier alpha value is -2.90. The maximum absolute atomic E-state index is 11.8. The maximum Gasteiger partial charge on any atom is 0.316 e. The number of hydrogen-bond donors (Lipinski definition) is 1. The van der Waals surface area contributed by atoms with E-state index in [1.807, 2.05) is 0 Å². The highest BCUT2D eigenvalue weighted by molar-refractivity contribution is 6.41. The van der Waals surface area contributed by atoms with Gasteiger partial charge in [-0.15, -0.1) is 0 Å². The van der Waals surface area contributed by atoms with Gasteiger partial charge in [-0.05, 0) is 12.1 Å². The summed E-state index contributed by atoms with van der Waals surface area (Å²) in [5.74, 6) is -2.54. The molecule has 1 fully saturated rings. The zero-order valence-electron chi connectivity index (χ0n) is 12.0. The molecule has 0 radical (unpaired) electrons. The Labute approximate surface area is 126 Å². The second-order valence-corrected chi connectivity index (χ2v) is 4.53. The fourth-order valence-corrected chi connectivity index (χ4v) is 1.97. The molecule has 0 aliphatic carbocycles. The highest BCUT2D eigenvalue weighted by Crippen LogP contribution is 2.32. The standard InChI is InChI=1S/C14H14N2O6/c1-8(17)21-11-4-3-10(7-12(11)22-9(2)18)16-6-5-15-13(19)14(16)20/h3-4,7H,5-6H2,1-2H3,(H,15,19). The molecule has 2 amide bonds. The van der Waals surface area contributed by atoms with E-state index in [0.717, 1.165) is 0 Å². The lowest BCUT2D eigenvalue weighted by molar-refractivity contribution is -0.138. The van der Waals surface area contributed by atoms with Crippen LogP contribution in [0.2, 0.25) is 0 Å². The molecule has 8 heteroatoms. The van der Waals surface area contributed by atoms with Crippen molar-refractivity contribution in [3.8, 4) is 11.5 Å². The van der Waals surface area contributed by atoms with Gasteiger partial charge in [0.25, 0.3) is 0 Å². The van der Waals surface area contributed by atoms with Gasteiger partial charge in [0, 0.05) is 38.7 Å². The minimum atomic E-state index is -0.708. The SMILES string of the molecule is CC(=O)Oc1ccc(N2CCNC(=O)C2=O)cc1OC(C)=O. The lowest BCUT2D eigenvalue weighted by atomic mass is 10.2. The Morgan fingerprint density at radius 1 is 1.09 bits per heavy atom. The van der Waals surface area contributed by atoms with Gasteiger partial charge in [0.15, 0.2) is 11.5 Å². The first-order valence-electron chi connectivity index (χ1n) is 6.49. The number of benzene rings is 1. The predicted molar refractivity (Wildman–Crippen MR) is 74.4 cm³/mol. The summed E-state index contributed by atoms with van der Waals surface area (Å²) in [5, 5.41) is 2.43. The van der Waals surface area contributed by atoms with E-state index in [1.165, 1.54) is 36.9 Å². The molecular formula is C14H14N2O6. The Bertz CT molecular complexity index is 655. The Morgan fingerprint density at radius 3 is 2.36 bits per heavy atom. The molecule has 0 unspecified atom stereocenters. The van der Waals surface area contributed by atoms with Gasteiger partial charge in [-0.1, -0.05) is 0 Å². The Kier molecular flexibility index (Phi) is 4.40. The van der Waals surface area contributed by atoms with Crippen LogP contribution < -0.4 is 19.7 Å². The number of rotatable bonds is 3. The van der Waals surface area contributed by atoms with Crippen LogP contribution in [0.15, 0.2) is 18.2 Å². The highest BCUT2D eigenvalue weighted by atomic mass is 16.6. The number of carbonyl (C=O) groups is 4. The third-order valence-electron chi connectivity index (χ3n) is 2.81. The summed E-state index contributed by atoms with van der Waals surface area (Å²) < 4.78 is 9.92. The second-order valence-electron chi connectivity index (χ2n) is 4.53. The molecule has 1 heterocycles. The van der Waals surface area contributed by atoms with E-state index < -0.39 is 23.8 Å². The monoisotopic (exact) mass is 306 g/mol. The van der Waals surface area contributed by atoms with Gasteiger partial charge in [-0.2, -0.15) is 0 Å². The summed E-state index contributed by atoms with van der Waals surface area (Å²) in [5.41, 5.74) is 0.368. The van der Waals surface area contributed by atoms with Gasteiger partial charge in [0.2, 0.25) is 0 Å². The summed E-state index contributed by atoms with van der Waals surface area (Å²) in [6.45, 7) is 3.02. The second kappa shape index (κ2) is 6.25. The Balaban J connectivity index is 2.36. The van der Waals surface area contributed by atoms with Crippen molar-refractivity contribution in [2.75, 3.05) is 18.0 Å². The van der Waals surface area contributed by atoms with E-state index in [4.69, 9.17) is 9.47 Å². The molecule has 116 valence electrons. The topological polar surface area (TPSA) is 102 Å². The first-order valence-corrected chi connectivity index (χ1v) is 6.49. The fraction of sp³-hybridized carbons (Fsp3) is 0.286. The number of amides is 2. The van der Waals surface area contributed by atoms with Crippen molar-refractivity contribution in [2.24, 2.45) is 0 Å². The van der Waals surface area contributed by atoms with Gasteiger partial charge in [0.05, 0.1) is 0 Å². The molecule has 1 N–H and O–H groups in total. The molecule has 1 aliphatic heterocycles. The Morgan fingerprint density at radius 2 is 1.73 bits per heavy atom. The minimum absolute atomic E-state index is 0.000943. The molecule has 1 aromatic carbocycles. The van der Waals surface area contributed by atoms with Gasteiger partial charge in [-0.3, -0.25) is 19.2 Å². The number of anilines is 1. The van der Waals surface area contributed by atoms with Crippen LogP contribution in [-0.4, -0.2) is 36.8 Å². The van der Waals surface area contributed by atoms with Crippen molar-refractivity contribution in [3.63, 3.8) is 0 Å². The van der Waals surface area contributed by atoms with E-state index in [0.29, 0.717) is 12.2 Å². The van der Waals surface area contributed by atoms with Crippen LogP contribution in [0, 0.1) is 0 Å². The molecule has 1 aliphatic rings. The van der Waals surface area contributed by atoms with Crippen LogP contribution in [0.1, 0.15) is 13.8 Å². The largest absolute Gasteiger partial charge is 0.423 e. The molecule has 1 aromatic rings. The average Bonchev–Trinajstić information content (AvgIpc) is 2.43. The normalized spacial score (nSPS) is 14.4. The van der Waals surface area contributed by atoms with Crippen LogP contribution >= 0.6 is 0 Å². The highest BCUT2D eigenvalue weighted by Gasteiger charge is 2.28. The third kappa shape index (κ3) is 3.40. The zero-order valence-corrected chi connectivity index (χ0v) is 12.0. The molecule has 1 saturated heterocycles. The van der Waals surface area contributed by atoms with Gasteiger partial charge >= 0.3 is 23.8 Å². The number of nitrogens with zero attached hydrogens (tertiary/aromatic N) is 1. The summed E-state index contributed by atoms with van der Waals surface area (Å²) in [7, 11) is 0. The molecule has 0 bridgehead atoms. The molecule has 0 saturated carbocycles. The van der Waals surface area contributed by atoms with Crippen LogP contribution in [0.25, 0.3) is 0 Å². The van der Waals surface area contributed by atoms with E-state index in [2.05, 4.69) is 5.32 Å². The first-order chi connectivity index (χ1) is 10.4. The van der Waals surface area contributed by atoms with Crippen molar-refractivity contribution in [1.29, 1.82) is 0 Å². The van der Waals surface area contributed by atoms with Gasteiger partial charge < -0.3 is 19.7 Å². The number of esters is 2. The van der Waals surface area contributed by atoms with E-state index >= 15 is 0 Å². The average molecular weight is 306 g/mol. The van der Waals surface area contributed by atoms with Crippen molar-refractivity contribution >= 4 is 29.4 Å². The summed E-state index contributed by atoms with van der Waals surface area (Å²) in [6.07, 6.45) is 0.